The summed E-state index contributed by atoms with van der Waals surface area (Å²) in [6.45, 7) is 13.6. The molecule has 0 radical (unpaired) electrons. The van der Waals surface area contributed by atoms with Crippen molar-refractivity contribution >= 4 is 76.0 Å². The van der Waals surface area contributed by atoms with E-state index in [-0.39, 0.29) is 11.8 Å². The number of benzene rings is 3. The fourth-order valence-corrected chi connectivity index (χ4v) is 17.7. The van der Waals surface area contributed by atoms with Crippen LogP contribution < -0.4 is 10.4 Å². The van der Waals surface area contributed by atoms with Gasteiger partial charge in [0, 0.05) is 53.9 Å². The molecule has 4 nitrogen and oxygen atoms in total. The van der Waals surface area contributed by atoms with Crippen molar-refractivity contribution in [1.29, 1.82) is 0 Å². The monoisotopic (exact) mass is 1200 g/mol. The van der Waals surface area contributed by atoms with Gasteiger partial charge in [0.1, 0.15) is 0 Å². The number of hydrogen-bond donors (Lipinski definition) is 0. The molecule has 7 heteroatoms. The number of rotatable bonds is 43. The van der Waals surface area contributed by atoms with E-state index in [4.69, 9.17) is 0 Å². The van der Waals surface area contributed by atoms with Crippen LogP contribution in [0.3, 0.4) is 0 Å². The zero-order chi connectivity index (χ0) is 59.6. The molecule has 2 aliphatic rings. The Kier molecular flexibility index (Phi) is 28.2. The number of nitrogens with zero attached hydrogens (tertiary/aromatic N) is 2. The maximum absolute atomic E-state index is 16.4. The fraction of sp³-hybridized carbons (Fsp3) is 0.564. The number of aryl methyl sites for hydroxylation is 1. The maximum Gasteiger partial charge on any atom is 0.263 e. The summed E-state index contributed by atoms with van der Waals surface area (Å²) in [7, 11) is 0. The molecule has 5 heterocycles. The Morgan fingerprint density at radius 1 is 0.388 bits per heavy atom. The Hall–Kier alpha value is -4.56. The lowest BCUT2D eigenvalue weighted by Gasteiger charge is -2.19. The number of carbonyl (C=O) groups excluding carboxylic acids is 2. The van der Waals surface area contributed by atoms with Crippen molar-refractivity contribution < 1.29 is 9.59 Å². The second kappa shape index (κ2) is 36.1. The van der Waals surface area contributed by atoms with Crippen molar-refractivity contribution in [3.63, 3.8) is 0 Å². The summed E-state index contributed by atoms with van der Waals surface area (Å²) < 4.78 is 5.23. The van der Waals surface area contributed by atoms with Gasteiger partial charge in [0.2, 0.25) is 0 Å². The quantitative estimate of drug-likeness (QED) is 0.0358. The summed E-state index contributed by atoms with van der Waals surface area (Å²) in [6, 6.07) is 25.8. The molecule has 0 atom stereocenters. The van der Waals surface area contributed by atoms with Gasteiger partial charge < -0.3 is 0 Å². The van der Waals surface area contributed by atoms with Crippen LogP contribution in [0.1, 0.15) is 296 Å². The lowest BCUT2D eigenvalue weighted by molar-refractivity contribution is 0.0877. The summed E-state index contributed by atoms with van der Waals surface area (Å²) >= 11 is 5.56. The first-order valence-electron chi connectivity index (χ1n) is 34.8. The highest BCUT2D eigenvalue weighted by atomic mass is 32.1. The average molecular weight is 1200 g/mol. The van der Waals surface area contributed by atoms with E-state index in [1.54, 1.807) is 0 Å². The average Bonchev–Trinajstić information content (AvgIpc) is 1.65. The van der Waals surface area contributed by atoms with Gasteiger partial charge in [0.15, 0.2) is 0 Å². The van der Waals surface area contributed by atoms with Crippen molar-refractivity contribution in [3.8, 4) is 22.3 Å². The summed E-state index contributed by atoms with van der Waals surface area (Å²) in [4.78, 5) is 38.9. The molecule has 0 unspecified atom stereocenters. The molecule has 8 rings (SSSR count). The molecular weight excluding hydrogens is 1090 g/mol. The molecule has 0 bridgehead atoms. The van der Waals surface area contributed by atoms with E-state index in [9.17, 15) is 0 Å². The summed E-state index contributed by atoms with van der Waals surface area (Å²) in [5.74, 6) is 0.773. The van der Waals surface area contributed by atoms with E-state index >= 15 is 9.59 Å². The van der Waals surface area contributed by atoms with E-state index in [0.717, 1.165) is 74.6 Å². The Morgan fingerprint density at radius 2 is 0.741 bits per heavy atom. The Balaban J connectivity index is 1.22. The van der Waals surface area contributed by atoms with Crippen LogP contribution in [0, 0.1) is 18.8 Å². The van der Waals surface area contributed by atoms with Crippen LogP contribution in [-0.2, 0) is 0 Å². The lowest BCUT2D eigenvalue weighted by atomic mass is 9.86. The topological polar surface area (TPSA) is 40.6 Å². The van der Waals surface area contributed by atoms with Crippen molar-refractivity contribution in [2.75, 3.05) is 0 Å². The van der Waals surface area contributed by atoms with Gasteiger partial charge in [0.25, 0.3) is 11.8 Å². The highest BCUT2D eigenvalue weighted by Gasteiger charge is 2.41. The van der Waals surface area contributed by atoms with Gasteiger partial charge in [-0.05, 0) is 74.6 Å². The van der Waals surface area contributed by atoms with Crippen molar-refractivity contribution in [2.45, 2.75) is 273 Å². The highest BCUT2D eigenvalue weighted by Crippen LogP contribution is 2.47. The predicted molar refractivity (Wildman–Crippen MR) is 374 cm³/mol. The van der Waals surface area contributed by atoms with Crippen LogP contribution in [0.5, 0.6) is 0 Å². The van der Waals surface area contributed by atoms with Gasteiger partial charge in [0.05, 0.1) is 31.1 Å². The number of allylic oxidation sites excluding steroid dienone is 2. The third-order valence-electron chi connectivity index (χ3n) is 18.6. The minimum atomic E-state index is -0.00288. The Morgan fingerprint density at radius 3 is 1.18 bits per heavy atom. The van der Waals surface area contributed by atoms with Crippen LogP contribution in [0.2, 0.25) is 0 Å². The number of unbranched alkanes of at least 4 members (excludes halogenated alkanes) is 28. The standard InChI is InChI=1S/C78H108N2O2S3/c1-7-11-15-19-23-27-31-37-45-61(46-38-32-28-24-20-16-12-8-2)53-55-79-60(6)68-69(63-49-41-35-42-50-63)73-71(70(72(68)77(79)81)64-51-43-36-44-52-64)74(65-58-67-76(85-65)75-66(84-67)57-59(5)83-75)80(78(73)82)56-54-62(47-39-33-29-25-21-17-13-9-3)48-40-34-30-26-22-18-14-10-4/h35-36,41-44,49-58,61-62H,7-34,37-40,45-48H2,1-6H3/b55-53+,56-54+. The van der Waals surface area contributed by atoms with E-state index in [2.05, 4.69) is 139 Å². The fourth-order valence-electron chi connectivity index (χ4n) is 13.7. The number of amides is 2. The van der Waals surface area contributed by atoms with Gasteiger partial charge in [-0.1, -0.05) is 306 Å². The maximum atomic E-state index is 16.4. The molecule has 0 aliphatic carbocycles. The van der Waals surface area contributed by atoms with Crippen LogP contribution in [-0.4, -0.2) is 21.6 Å². The van der Waals surface area contributed by atoms with Gasteiger partial charge >= 0.3 is 0 Å². The smallest absolute Gasteiger partial charge is 0.263 e. The second-order valence-corrected chi connectivity index (χ2v) is 28.9. The third-order valence-corrected chi connectivity index (χ3v) is 22.3. The van der Waals surface area contributed by atoms with Gasteiger partial charge in [-0.25, -0.2) is 0 Å². The number of thiophene rings is 3. The summed E-state index contributed by atoms with van der Waals surface area (Å²) in [6.07, 6.45) is 55.6. The Labute approximate surface area is 527 Å². The molecule has 85 heavy (non-hydrogen) atoms. The van der Waals surface area contributed by atoms with Crippen LogP contribution in [0.4, 0.5) is 0 Å². The summed E-state index contributed by atoms with van der Waals surface area (Å²) in [5, 5.41) is 1.78. The third kappa shape index (κ3) is 18.3. The Bertz CT molecular complexity index is 3130. The zero-order valence-corrected chi connectivity index (χ0v) is 56.2. The normalized spacial score (nSPS) is 13.6. The molecule has 0 saturated heterocycles. The van der Waals surface area contributed by atoms with Gasteiger partial charge in [-0.15, -0.1) is 34.0 Å². The van der Waals surface area contributed by atoms with Crippen LogP contribution >= 0.6 is 34.0 Å². The van der Waals surface area contributed by atoms with E-state index in [0.29, 0.717) is 23.0 Å². The zero-order valence-electron chi connectivity index (χ0n) is 53.8. The van der Waals surface area contributed by atoms with E-state index < -0.39 is 0 Å². The lowest BCUT2D eigenvalue weighted by Crippen LogP contribution is -2.28. The van der Waals surface area contributed by atoms with E-state index in [1.807, 2.05) is 43.8 Å². The molecule has 3 aromatic carbocycles. The molecule has 2 amide bonds. The first-order chi connectivity index (χ1) is 41.8. The molecule has 6 aromatic rings. The SMILES string of the molecule is CCCCCCCCCCC(/C=C/N1C(=O)c2c(-c3ccccc3)c3c(c(-c4ccccc4)c2=C1C)C(=O)N(/C=C/C(CCCCCCCCCC)CCCCCCCCCC)C=3c1cc2sc3cc(C)sc3c2s1)CCCCCCCCCC. The molecule has 0 N–H and O–H groups in total. The first-order valence-corrected chi connectivity index (χ1v) is 37.3. The minimum absolute atomic E-state index is 0.00000651. The molecule has 0 fully saturated rings. The second-order valence-electron chi connectivity index (χ2n) is 25.5. The molecule has 2 aliphatic heterocycles. The van der Waals surface area contributed by atoms with Crippen LogP contribution in [0.25, 0.3) is 52.4 Å². The molecule has 0 spiro atoms. The highest BCUT2D eigenvalue weighted by molar-refractivity contribution is 7.38. The molecular formula is C78H108N2O2S3. The number of carbonyl (C=O) groups is 2. The summed E-state index contributed by atoms with van der Waals surface area (Å²) in [5.41, 5.74) is 6.93. The predicted octanol–water partition coefficient (Wildman–Crippen LogP) is 24.4. The number of hydrogen-bond acceptors (Lipinski definition) is 5. The van der Waals surface area contributed by atoms with Gasteiger partial charge in [-0.2, -0.15) is 0 Å². The number of fused-ring (bicyclic) bond motifs is 5. The van der Waals surface area contributed by atoms with Gasteiger partial charge in [-0.3, -0.25) is 19.4 Å². The molecule has 460 valence electrons. The van der Waals surface area contributed by atoms with Crippen molar-refractivity contribution in [2.24, 2.45) is 11.8 Å². The molecule has 0 saturated carbocycles. The minimum Gasteiger partial charge on any atom is -0.288 e. The van der Waals surface area contributed by atoms with Crippen molar-refractivity contribution in [1.82, 2.24) is 9.80 Å². The largest absolute Gasteiger partial charge is 0.288 e. The van der Waals surface area contributed by atoms with Crippen molar-refractivity contribution in [3.05, 3.63) is 129 Å². The first kappa shape index (κ1) is 66.4. The van der Waals surface area contributed by atoms with Crippen LogP contribution in [0.15, 0.2) is 97.3 Å². The van der Waals surface area contributed by atoms with E-state index in [1.165, 1.54) is 229 Å². The molecule has 3 aromatic heterocycles.